The quantitative estimate of drug-likeness (QED) is 0.346. The van der Waals surface area contributed by atoms with Crippen LogP contribution in [0.5, 0.6) is 0 Å². The van der Waals surface area contributed by atoms with E-state index >= 15 is 0 Å². The lowest BCUT2D eigenvalue weighted by atomic mass is 10.3. The number of rotatable bonds is 8. The van der Waals surface area contributed by atoms with Crippen LogP contribution in [-0.2, 0) is 14.8 Å². The van der Waals surface area contributed by atoms with Gasteiger partial charge in [-0.15, -0.1) is 23.1 Å². The van der Waals surface area contributed by atoms with Gasteiger partial charge in [0.2, 0.25) is 5.91 Å². The van der Waals surface area contributed by atoms with Crippen LogP contribution in [0, 0.1) is 13.8 Å². The van der Waals surface area contributed by atoms with Gasteiger partial charge in [0.15, 0.2) is 5.13 Å². The number of thiazole rings is 1. The minimum absolute atomic E-state index is 0.0876. The number of aryl methyl sites for hydroxylation is 1. The van der Waals surface area contributed by atoms with Crippen molar-refractivity contribution in [1.82, 2.24) is 14.8 Å². The molecule has 0 aliphatic heterocycles. The molecule has 0 spiro atoms. The fourth-order valence-corrected chi connectivity index (χ4v) is 5.84. The zero-order valence-electron chi connectivity index (χ0n) is 17.8. The Balaban J connectivity index is 1.37. The van der Waals surface area contributed by atoms with Crippen molar-refractivity contribution in [2.24, 2.45) is 0 Å². The largest absolute Gasteiger partial charge is 0.325 e. The van der Waals surface area contributed by atoms with E-state index in [4.69, 9.17) is 0 Å². The molecular formula is C22H21N5O3S3. The summed E-state index contributed by atoms with van der Waals surface area (Å²) in [4.78, 5) is 17.5. The van der Waals surface area contributed by atoms with Crippen molar-refractivity contribution >= 4 is 49.8 Å². The SMILES string of the molecule is Cc1nn(-c2ccccc2)c(C)c1SCC(=O)Nc1ccc(S(=O)(=O)Nc2nccs2)cc1. The molecule has 0 saturated heterocycles. The Bertz CT molecular complexity index is 1350. The van der Waals surface area contributed by atoms with E-state index in [0.717, 1.165) is 22.0 Å². The second kappa shape index (κ2) is 9.77. The highest BCUT2D eigenvalue weighted by Crippen LogP contribution is 2.28. The molecule has 0 unspecified atom stereocenters. The van der Waals surface area contributed by atoms with Crippen molar-refractivity contribution in [1.29, 1.82) is 0 Å². The number of carbonyl (C=O) groups excluding carboxylic acids is 1. The lowest BCUT2D eigenvalue weighted by Crippen LogP contribution is -2.15. The van der Waals surface area contributed by atoms with Gasteiger partial charge in [-0.2, -0.15) is 5.10 Å². The number of carbonyl (C=O) groups is 1. The number of benzene rings is 2. The third-order valence-electron chi connectivity index (χ3n) is 4.68. The lowest BCUT2D eigenvalue weighted by Gasteiger charge is -2.08. The van der Waals surface area contributed by atoms with E-state index in [0.29, 0.717) is 10.8 Å². The fraction of sp³-hybridized carbons (Fsp3) is 0.136. The molecule has 170 valence electrons. The molecule has 11 heteroatoms. The summed E-state index contributed by atoms with van der Waals surface area (Å²) in [6.07, 6.45) is 1.52. The predicted molar refractivity (Wildman–Crippen MR) is 132 cm³/mol. The molecule has 1 amide bonds. The first-order chi connectivity index (χ1) is 15.8. The minimum Gasteiger partial charge on any atom is -0.325 e. The highest BCUT2D eigenvalue weighted by Gasteiger charge is 2.17. The van der Waals surface area contributed by atoms with Crippen LogP contribution in [0.2, 0.25) is 0 Å². The maximum atomic E-state index is 12.5. The van der Waals surface area contributed by atoms with Crippen molar-refractivity contribution in [3.63, 3.8) is 0 Å². The second-order valence-electron chi connectivity index (χ2n) is 7.05. The van der Waals surface area contributed by atoms with E-state index in [9.17, 15) is 13.2 Å². The highest BCUT2D eigenvalue weighted by molar-refractivity contribution is 8.00. The van der Waals surface area contributed by atoms with Crippen molar-refractivity contribution in [2.75, 3.05) is 15.8 Å². The van der Waals surface area contributed by atoms with Gasteiger partial charge in [0.05, 0.1) is 32.6 Å². The summed E-state index contributed by atoms with van der Waals surface area (Å²) in [7, 11) is -3.73. The number of anilines is 2. The number of thioether (sulfide) groups is 1. The maximum absolute atomic E-state index is 12.5. The van der Waals surface area contributed by atoms with E-state index < -0.39 is 10.0 Å². The van der Waals surface area contributed by atoms with E-state index in [1.807, 2.05) is 48.9 Å². The summed E-state index contributed by atoms with van der Waals surface area (Å²) in [6.45, 7) is 3.90. The van der Waals surface area contributed by atoms with Crippen LogP contribution in [0.15, 0.2) is 76.0 Å². The Morgan fingerprint density at radius 3 is 2.48 bits per heavy atom. The van der Waals surface area contributed by atoms with E-state index in [1.54, 1.807) is 17.5 Å². The molecule has 2 heterocycles. The summed E-state index contributed by atoms with van der Waals surface area (Å²) in [5.74, 6) is 0.0103. The summed E-state index contributed by atoms with van der Waals surface area (Å²) >= 11 is 2.61. The van der Waals surface area contributed by atoms with Crippen molar-refractivity contribution < 1.29 is 13.2 Å². The Morgan fingerprint density at radius 1 is 1.09 bits per heavy atom. The first kappa shape index (κ1) is 23.0. The van der Waals surface area contributed by atoms with Crippen LogP contribution < -0.4 is 10.0 Å². The molecule has 4 rings (SSSR count). The molecule has 0 radical (unpaired) electrons. The summed E-state index contributed by atoms with van der Waals surface area (Å²) in [5, 5.41) is 9.38. The van der Waals surface area contributed by atoms with E-state index in [-0.39, 0.29) is 16.6 Å². The first-order valence-corrected chi connectivity index (χ1v) is 13.2. The molecule has 0 aliphatic carbocycles. The summed E-state index contributed by atoms with van der Waals surface area (Å²) < 4.78 is 29.1. The van der Waals surface area contributed by atoms with Crippen LogP contribution in [0.1, 0.15) is 11.4 Å². The molecule has 0 aliphatic rings. The lowest BCUT2D eigenvalue weighted by molar-refractivity contribution is -0.113. The molecule has 0 saturated carbocycles. The van der Waals surface area contributed by atoms with Gasteiger partial charge in [-0.3, -0.25) is 9.52 Å². The molecule has 2 N–H and O–H groups in total. The van der Waals surface area contributed by atoms with Gasteiger partial charge >= 0.3 is 0 Å². The topological polar surface area (TPSA) is 106 Å². The Morgan fingerprint density at radius 2 is 1.82 bits per heavy atom. The number of aromatic nitrogens is 3. The first-order valence-electron chi connectivity index (χ1n) is 9.90. The zero-order chi connectivity index (χ0) is 23.4. The van der Waals surface area contributed by atoms with Gasteiger partial charge in [-0.1, -0.05) is 18.2 Å². The normalized spacial score (nSPS) is 11.3. The van der Waals surface area contributed by atoms with Crippen LogP contribution in [0.3, 0.4) is 0 Å². The molecular weight excluding hydrogens is 478 g/mol. The van der Waals surface area contributed by atoms with Gasteiger partial charge in [0.25, 0.3) is 10.0 Å². The average molecular weight is 500 g/mol. The van der Waals surface area contributed by atoms with Gasteiger partial charge in [-0.05, 0) is 50.2 Å². The van der Waals surface area contributed by atoms with Gasteiger partial charge in [0.1, 0.15) is 0 Å². The van der Waals surface area contributed by atoms with Crippen LogP contribution in [-0.4, -0.2) is 34.8 Å². The van der Waals surface area contributed by atoms with Gasteiger partial charge in [0, 0.05) is 17.3 Å². The van der Waals surface area contributed by atoms with Gasteiger partial charge < -0.3 is 5.32 Å². The van der Waals surface area contributed by atoms with Gasteiger partial charge in [-0.25, -0.2) is 18.1 Å². The number of nitrogens with zero attached hydrogens (tertiary/aromatic N) is 3. The molecule has 33 heavy (non-hydrogen) atoms. The molecule has 0 atom stereocenters. The van der Waals surface area contributed by atoms with E-state index in [1.165, 1.54) is 41.4 Å². The predicted octanol–water partition coefficient (Wildman–Crippen LogP) is 4.48. The maximum Gasteiger partial charge on any atom is 0.263 e. The number of nitrogens with one attached hydrogen (secondary N) is 2. The summed E-state index contributed by atoms with van der Waals surface area (Å²) in [5.41, 5.74) is 3.31. The van der Waals surface area contributed by atoms with E-state index in [2.05, 4.69) is 20.1 Å². The Hall–Kier alpha value is -3.15. The van der Waals surface area contributed by atoms with Crippen LogP contribution >= 0.6 is 23.1 Å². The molecule has 4 aromatic rings. The smallest absolute Gasteiger partial charge is 0.263 e. The molecule has 2 aromatic heterocycles. The Kier molecular flexibility index (Phi) is 6.82. The second-order valence-corrected chi connectivity index (χ2v) is 10.6. The van der Waals surface area contributed by atoms with Crippen LogP contribution in [0.4, 0.5) is 10.8 Å². The standard InChI is InChI=1S/C22H21N5O3S3/c1-15-21(16(2)27(25-15)18-6-4-3-5-7-18)32-14-20(28)24-17-8-10-19(11-9-17)33(29,30)26-22-23-12-13-31-22/h3-13H,14H2,1-2H3,(H,23,26)(H,24,28). The molecule has 0 fully saturated rings. The molecule has 2 aromatic carbocycles. The summed E-state index contributed by atoms with van der Waals surface area (Å²) in [6, 6.07) is 15.8. The minimum atomic E-state index is -3.73. The number of para-hydroxylation sites is 1. The van der Waals surface area contributed by atoms with Crippen molar-refractivity contribution in [2.45, 2.75) is 23.6 Å². The number of sulfonamides is 1. The third-order valence-corrected chi connectivity index (χ3v) is 8.13. The number of amides is 1. The Labute approximate surface area is 200 Å². The number of hydrogen-bond acceptors (Lipinski definition) is 7. The van der Waals surface area contributed by atoms with Crippen molar-refractivity contribution in [3.05, 3.63) is 77.6 Å². The monoisotopic (exact) mass is 499 g/mol. The van der Waals surface area contributed by atoms with Crippen molar-refractivity contribution in [3.8, 4) is 5.69 Å². The highest BCUT2D eigenvalue weighted by atomic mass is 32.2. The average Bonchev–Trinajstić information content (AvgIpc) is 3.40. The fourth-order valence-electron chi connectivity index (χ4n) is 3.16. The molecule has 8 nitrogen and oxygen atoms in total. The number of hydrogen-bond donors (Lipinski definition) is 2. The van der Waals surface area contributed by atoms with Crippen LogP contribution in [0.25, 0.3) is 5.69 Å². The molecule has 0 bridgehead atoms. The third kappa shape index (κ3) is 5.44. The zero-order valence-corrected chi connectivity index (χ0v) is 20.3.